The van der Waals surface area contributed by atoms with Crippen LogP contribution in [0.4, 0.5) is 5.69 Å². The third kappa shape index (κ3) is 1.39. The van der Waals surface area contributed by atoms with Crippen LogP contribution in [0.25, 0.3) is 0 Å². The van der Waals surface area contributed by atoms with E-state index in [0.29, 0.717) is 0 Å². The van der Waals surface area contributed by atoms with Gasteiger partial charge >= 0.3 is 0 Å². The van der Waals surface area contributed by atoms with E-state index in [1.165, 1.54) is 6.07 Å². The Morgan fingerprint density at radius 2 is 1.67 bits per heavy atom. The number of carbonyl (C=O) groups excluding carboxylic acids is 2. The fraction of sp³-hybridized carbons (Fsp3) is 0. The average molecular weight is 205 g/mol. The molecule has 0 unspecified atom stereocenters. The van der Waals surface area contributed by atoms with E-state index < -0.39 is 16.7 Å². The Balaban J connectivity index is 2.63. The maximum atomic E-state index is 11.2. The number of carbonyl (C=O) groups is 2. The van der Waals surface area contributed by atoms with Crippen LogP contribution in [-0.4, -0.2) is 16.7 Å². The molecule has 74 valence electrons. The summed E-state index contributed by atoms with van der Waals surface area (Å²) in [7, 11) is 0. The summed E-state index contributed by atoms with van der Waals surface area (Å²) in [5.74, 6) is -1.41. The van der Waals surface area contributed by atoms with Crippen molar-refractivity contribution in [2.24, 2.45) is 10.2 Å². The maximum Gasteiger partial charge on any atom is 0.296 e. The second-order valence-electron chi connectivity index (χ2n) is 2.80. The van der Waals surface area contributed by atoms with E-state index in [1.54, 1.807) is 0 Å². The summed E-state index contributed by atoms with van der Waals surface area (Å²) in [5.41, 5.74) is -0.295. The Labute approximate surface area is 82.6 Å². The molecule has 0 aromatic heterocycles. The van der Waals surface area contributed by atoms with Gasteiger partial charge in [0, 0.05) is 12.1 Å². The van der Waals surface area contributed by atoms with Crippen LogP contribution in [0, 0.1) is 10.1 Å². The van der Waals surface area contributed by atoms with Crippen LogP contribution < -0.4 is 0 Å². The molecule has 0 atom stereocenters. The Bertz CT molecular complexity index is 521. The second-order valence-corrected chi connectivity index (χ2v) is 2.80. The van der Waals surface area contributed by atoms with Crippen molar-refractivity contribution in [2.75, 3.05) is 0 Å². The van der Waals surface area contributed by atoms with Crippen LogP contribution in [0.3, 0.4) is 0 Å². The molecule has 0 aliphatic carbocycles. The van der Waals surface area contributed by atoms with E-state index in [0.717, 1.165) is 12.1 Å². The maximum absolute atomic E-state index is 11.2. The molecule has 0 spiro atoms. The first kappa shape index (κ1) is 9.13. The molecule has 0 N–H and O–H groups in total. The van der Waals surface area contributed by atoms with Gasteiger partial charge in [-0.25, -0.2) is 0 Å². The molecule has 0 fully saturated rings. The normalized spacial score (nSPS) is 13.9. The molecular formula is C8H3N3O4. The van der Waals surface area contributed by atoms with E-state index in [-0.39, 0.29) is 16.8 Å². The van der Waals surface area contributed by atoms with Crippen molar-refractivity contribution in [3.63, 3.8) is 0 Å². The van der Waals surface area contributed by atoms with Gasteiger partial charge in [-0.1, -0.05) is 0 Å². The highest BCUT2D eigenvalue weighted by Crippen LogP contribution is 2.22. The molecule has 0 saturated heterocycles. The minimum atomic E-state index is -0.742. The quantitative estimate of drug-likeness (QED) is 0.509. The van der Waals surface area contributed by atoms with Gasteiger partial charge in [0.1, 0.15) is 0 Å². The molecule has 1 aliphatic rings. The first-order valence-electron chi connectivity index (χ1n) is 3.88. The molecule has 0 saturated carbocycles. The van der Waals surface area contributed by atoms with Crippen molar-refractivity contribution in [2.45, 2.75) is 0 Å². The van der Waals surface area contributed by atoms with Crippen LogP contribution in [0.15, 0.2) is 28.4 Å². The highest BCUT2D eigenvalue weighted by atomic mass is 16.6. The molecule has 1 heterocycles. The molecule has 0 bridgehead atoms. The molecule has 7 nitrogen and oxygen atoms in total. The van der Waals surface area contributed by atoms with Gasteiger partial charge in [0.05, 0.1) is 16.1 Å². The SMILES string of the molecule is O=C1N=NC(=O)c2cc([N+](=O)[O-])ccc21. The van der Waals surface area contributed by atoms with E-state index in [9.17, 15) is 19.7 Å². The van der Waals surface area contributed by atoms with Crippen molar-refractivity contribution in [1.82, 2.24) is 0 Å². The second kappa shape index (κ2) is 3.05. The lowest BCUT2D eigenvalue weighted by Crippen LogP contribution is -2.11. The highest BCUT2D eigenvalue weighted by Gasteiger charge is 2.24. The number of nitro benzene ring substituents is 1. The van der Waals surface area contributed by atoms with E-state index in [4.69, 9.17) is 0 Å². The monoisotopic (exact) mass is 205 g/mol. The van der Waals surface area contributed by atoms with Gasteiger partial charge in [-0.05, 0) is 6.07 Å². The van der Waals surface area contributed by atoms with E-state index >= 15 is 0 Å². The topological polar surface area (TPSA) is 102 Å². The molecule has 2 rings (SSSR count). The zero-order chi connectivity index (χ0) is 11.0. The standard InChI is InChI=1S/C8H3N3O4/c12-7-5-2-1-4(11(14)15)3-6(5)8(13)10-9-7/h1-3H. The third-order valence-corrected chi connectivity index (χ3v) is 1.91. The number of nitrogens with zero attached hydrogens (tertiary/aromatic N) is 3. The van der Waals surface area contributed by atoms with E-state index in [1.807, 2.05) is 0 Å². The first-order chi connectivity index (χ1) is 7.09. The van der Waals surface area contributed by atoms with Gasteiger partial charge < -0.3 is 0 Å². The van der Waals surface area contributed by atoms with Crippen LogP contribution in [0.5, 0.6) is 0 Å². The zero-order valence-corrected chi connectivity index (χ0v) is 7.21. The van der Waals surface area contributed by atoms with Crippen LogP contribution >= 0.6 is 0 Å². The van der Waals surface area contributed by atoms with Crippen molar-refractivity contribution in [3.8, 4) is 0 Å². The molecule has 7 heteroatoms. The van der Waals surface area contributed by atoms with E-state index in [2.05, 4.69) is 10.2 Å². The summed E-state index contributed by atoms with van der Waals surface area (Å²) in [6, 6.07) is 3.37. The largest absolute Gasteiger partial charge is 0.296 e. The fourth-order valence-electron chi connectivity index (χ4n) is 1.21. The lowest BCUT2D eigenvalue weighted by molar-refractivity contribution is -0.384. The Morgan fingerprint density at radius 1 is 1.07 bits per heavy atom. The summed E-state index contributed by atoms with van der Waals surface area (Å²) in [6.07, 6.45) is 0. The molecule has 1 aromatic rings. The van der Waals surface area contributed by atoms with Gasteiger partial charge in [-0.2, -0.15) is 0 Å². The summed E-state index contributed by atoms with van der Waals surface area (Å²) < 4.78 is 0. The number of azo groups is 1. The van der Waals surface area contributed by atoms with Gasteiger partial charge in [0.2, 0.25) is 0 Å². The number of amides is 2. The van der Waals surface area contributed by atoms with Crippen molar-refractivity contribution in [1.29, 1.82) is 0 Å². The Kier molecular flexibility index (Phi) is 1.86. The fourth-order valence-corrected chi connectivity index (χ4v) is 1.21. The lowest BCUT2D eigenvalue weighted by Gasteiger charge is -2.05. The van der Waals surface area contributed by atoms with Crippen LogP contribution in [0.2, 0.25) is 0 Å². The molecule has 15 heavy (non-hydrogen) atoms. The number of hydrogen-bond donors (Lipinski definition) is 0. The summed E-state index contributed by atoms with van der Waals surface area (Å²) in [4.78, 5) is 32.1. The smallest absolute Gasteiger partial charge is 0.265 e. The van der Waals surface area contributed by atoms with Crippen molar-refractivity contribution < 1.29 is 14.5 Å². The molecule has 1 aliphatic heterocycles. The summed E-state index contributed by atoms with van der Waals surface area (Å²) in [5, 5.41) is 16.6. The van der Waals surface area contributed by atoms with Crippen molar-refractivity contribution in [3.05, 3.63) is 39.4 Å². The zero-order valence-electron chi connectivity index (χ0n) is 7.21. The molecule has 0 radical (unpaired) electrons. The predicted octanol–water partition coefficient (Wildman–Crippen LogP) is 1.34. The van der Waals surface area contributed by atoms with Gasteiger partial charge in [-0.3, -0.25) is 19.7 Å². The molecule has 1 aromatic carbocycles. The van der Waals surface area contributed by atoms with Gasteiger partial charge in [-0.15, -0.1) is 10.2 Å². The minimum Gasteiger partial charge on any atom is -0.265 e. The van der Waals surface area contributed by atoms with Crippen LogP contribution in [0.1, 0.15) is 20.7 Å². The third-order valence-electron chi connectivity index (χ3n) is 1.91. The lowest BCUT2D eigenvalue weighted by atomic mass is 10.0. The highest BCUT2D eigenvalue weighted by molar-refractivity contribution is 6.11. The molecule has 2 amide bonds. The first-order valence-corrected chi connectivity index (χ1v) is 3.88. The average Bonchev–Trinajstić information content (AvgIpc) is 2.23. The number of hydrogen-bond acceptors (Lipinski definition) is 4. The number of benzene rings is 1. The number of non-ortho nitro benzene ring substituents is 1. The number of nitro groups is 1. The number of rotatable bonds is 1. The van der Waals surface area contributed by atoms with Gasteiger partial charge in [0.15, 0.2) is 0 Å². The summed E-state index contributed by atoms with van der Waals surface area (Å²) >= 11 is 0. The molecular weight excluding hydrogens is 202 g/mol. The number of fused-ring (bicyclic) bond motifs is 1. The Morgan fingerprint density at radius 3 is 2.27 bits per heavy atom. The van der Waals surface area contributed by atoms with Gasteiger partial charge in [0.25, 0.3) is 17.5 Å². The summed E-state index contributed by atoms with van der Waals surface area (Å²) in [6.45, 7) is 0. The predicted molar refractivity (Wildman–Crippen MR) is 46.6 cm³/mol. The van der Waals surface area contributed by atoms with Crippen LogP contribution in [-0.2, 0) is 0 Å². The Hall–Kier alpha value is -2.44. The van der Waals surface area contributed by atoms with Crippen molar-refractivity contribution >= 4 is 17.5 Å². The minimum absolute atomic E-state index is 0.0422.